The Kier molecular flexibility index (Phi) is 3.70. The molecule has 0 unspecified atom stereocenters. The molecule has 0 atom stereocenters. The first-order valence-corrected chi connectivity index (χ1v) is 5.95. The zero-order valence-electron chi connectivity index (χ0n) is 9.06. The Hall–Kier alpha value is -1.90. The molecule has 0 aliphatic rings. The van der Waals surface area contributed by atoms with Crippen molar-refractivity contribution in [3.63, 3.8) is 0 Å². The molecule has 0 spiro atoms. The average Bonchev–Trinajstić information content (AvgIpc) is 2.76. The van der Waals surface area contributed by atoms with Gasteiger partial charge in [-0.25, -0.2) is 4.98 Å². The minimum Gasteiger partial charge on any atom is -0.325 e. The second-order valence-corrected chi connectivity index (χ2v) is 4.28. The van der Waals surface area contributed by atoms with Crippen molar-refractivity contribution in [1.82, 2.24) is 10.3 Å². The first-order chi connectivity index (χ1) is 8.29. The maximum atomic E-state index is 11.5. The molecule has 1 amide bonds. The van der Waals surface area contributed by atoms with Gasteiger partial charge in [0.2, 0.25) is 5.91 Å². The number of anilines is 1. The second-order valence-electron chi connectivity index (χ2n) is 3.39. The number of amides is 1. The van der Waals surface area contributed by atoms with Crippen molar-refractivity contribution in [2.45, 2.75) is 0 Å². The molecule has 0 aliphatic heterocycles. The van der Waals surface area contributed by atoms with E-state index in [1.807, 2.05) is 18.2 Å². The summed E-state index contributed by atoms with van der Waals surface area (Å²) < 4.78 is 1.05. The van der Waals surface area contributed by atoms with Crippen molar-refractivity contribution in [3.8, 4) is 12.3 Å². The Balaban J connectivity index is 1.98. The van der Waals surface area contributed by atoms with Crippen LogP contribution in [-0.4, -0.2) is 24.0 Å². The van der Waals surface area contributed by atoms with Crippen LogP contribution >= 0.6 is 11.3 Å². The summed E-state index contributed by atoms with van der Waals surface area (Å²) in [6, 6.07) is 5.63. The summed E-state index contributed by atoms with van der Waals surface area (Å²) in [7, 11) is 0. The molecule has 2 N–H and O–H groups in total. The standard InChI is InChI=1S/C12H11N3OS/c1-2-5-13-7-12(16)15-9-3-4-10-11(6-9)17-8-14-10/h1,3-4,6,8,13H,5,7H2,(H,15,16). The molecule has 1 aromatic carbocycles. The number of thiazole rings is 1. The lowest BCUT2D eigenvalue weighted by atomic mass is 10.3. The number of nitrogens with one attached hydrogen (secondary N) is 2. The van der Waals surface area contributed by atoms with Gasteiger partial charge < -0.3 is 5.32 Å². The Morgan fingerprint density at radius 1 is 1.53 bits per heavy atom. The van der Waals surface area contributed by atoms with Gasteiger partial charge in [-0.05, 0) is 18.2 Å². The molecular formula is C12H11N3OS. The average molecular weight is 245 g/mol. The monoisotopic (exact) mass is 245 g/mol. The summed E-state index contributed by atoms with van der Waals surface area (Å²) in [5.41, 5.74) is 3.50. The molecule has 1 heterocycles. The van der Waals surface area contributed by atoms with E-state index in [1.165, 1.54) is 0 Å². The lowest BCUT2D eigenvalue weighted by molar-refractivity contribution is -0.115. The van der Waals surface area contributed by atoms with Gasteiger partial charge in [0.1, 0.15) is 0 Å². The quantitative estimate of drug-likeness (QED) is 0.633. The van der Waals surface area contributed by atoms with E-state index in [0.29, 0.717) is 6.54 Å². The highest BCUT2D eigenvalue weighted by Crippen LogP contribution is 2.21. The predicted molar refractivity (Wildman–Crippen MR) is 70.0 cm³/mol. The molecular weight excluding hydrogens is 234 g/mol. The zero-order valence-corrected chi connectivity index (χ0v) is 9.88. The third kappa shape index (κ3) is 3.03. The summed E-state index contributed by atoms with van der Waals surface area (Å²) in [4.78, 5) is 15.7. The molecule has 17 heavy (non-hydrogen) atoms. The fourth-order valence-electron chi connectivity index (χ4n) is 1.39. The summed E-state index contributed by atoms with van der Waals surface area (Å²) in [5, 5.41) is 5.62. The molecule has 0 bridgehead atoms. The third-order valence-corrected chi connectivity index (χ3v) is 2.92. The number of hydrogen-bond donors (Lipinski definition) is 2. The zero-order chi connectivity index (χ0) is 12.1. The number of rotatable bonds is 4. The van der Waals surface area contributed by atoms with Crippen LogP contribution in [0.1, 0.15) is 0 Å². The summed E-state index contributed by atoms with van der Waals surface area (Å²) in [5.74, 6) is 2.30. The van der Waals surface area contributed by atoms with Crippen LogP contribution in [0.25, 0.3) is 10.2 Å². The highest BCUT2D eigenvalue weighted by molar-refractivity contribution is 7.16. The molecule has 1 aromatic heterocycles. The number of aromatic nitrogens is 1. The largest absolute Gasteiger partial charge is 0.325 e. The predicted octanol–water partition coefficient (Wildman–Crippen LogP) is 1.46. The van der Waals surface area contributed by atoms with Crippen molar-refractivity contribution in [1.29, 1.82) is 0 Å². The summed E-state index contributed by atoms with van der Waals surface area (Å²) in [6.45, 7) is 0.603. The van der Waals surface area contributed by atoms with Gasteiger partial charge in [0, 0.05) is 5.69 Å². The summed E-state index contributed by atoms with van der Waals surface area (Å²) in [6.07, 6.45) is 5.07. The van der Waals surface area contributed by atoms with Gasteiger partial charge >= 0.3 is 0 Å². The molecule has 0 aliphatic carbocycles. The smallest absolute Gasteiger partial charge is 0.238 e. The van der Waals surface area contributed by atoms with Gasteiger partial charge in [-0.15, -0.1) is 17.8 Å². The summed E-state index contributed by atoms with van der Waals surface area (Å²) >= 11 is 1.55. The number of carbonyl (C=O) groups excluding carboxylic acids is 1. The first-order valence-electron chi connectivity index (χ1n) is 5.07. The van der Waals surface area contributed by atoms with E-state index in [-0.39, 0.29) is 12.5 Å². The number of benzene rings is 1. The van der Waals surface area contributed by atoms with Gasteiger partial charge in [-0.3, -0.25) is 10.1 Å². The first kappa shape index (κ1) is 11.6. The van der Waals surface area contributed by atoms with Gasteiger partial charge in [0.15, 0.2) is 0 Å². The Morgan fingerprint density at radius 3 is 3.24 bits per heavy atom. The second kappa shape index (κ2) is 5.43. The Morgan fingerprint density at radius 2 is 2.41 bits per heavy atom. The van der Waals surface area contributed by atoms with Crippen LogP contribution in [0.3, 0.4) is 0 Å². The maximum absolute atomic E-state index is 11.5. The third-order valence-electron chi connectivity index (χ3n) is 2.13. The minimum absolute atomic E-state index is 0.107. The fourth-order valence-corrected chi connectivity index (χ4v) is 2.10. The molecule has 0 saturated carbocycles. The van der Waals surface area contributed by atoms with E-state index < -0.39 is 0 Å². The molecule has 0 fully saturated rings. The fraction of sp³-hybridized carbons (Fsp3) is 0.167. The van der Waals surface area contributed by atoms with Crippen LogP contribution in [0.5, 0.6) is 0 Å². The highest BCUT2D eigenvalue weighted by Gasteiger charge is 2.03. The Bertz CT molecular complexity index is 570. The van der Waals surface area contributed by atoms with E-state index >= 15 is 0 Å². The highest BCUT2D eigenvalue weighted by atomic mass is 32.1. The van der Waals surface area contributed by atoms with Crippen LogP contribution < -0.4 is 10.6 Å². The van der Waals surface area contributed by atoms with E-state index in [0.717, 1.165) is 15.9 Å². The van der Waals surface area contributed by atoms with E-state index in [1.54, 1.807) is 16.8 Å². The number of nitrogens with zero attached hydrogens (tertiary/aromatic N) is 1. The van der Waals surface area contributed by atoms with Crippen LogP contribution in [0.4, 0.5) is 5.69 Å². The number of terminal acetylenes is 1. The van der Waals surface area contributed by atoms with Crippen LogP contribution in [0.2, 0.25) is 0 Å². The lowest BCUT2D eigenvalue weighted by Gasteiger charge is -2.04. The lowest BCUT2D eigenvalue weighted by Crippen LogP contribution is -2.28. The van der Waals surface area contributed by atoms with Crippen molar-refractivity contribution in [2.75, 3.05) is 18.4 Å². The molecule has 0 radical (unpaired) electrons. The van der Waals surface area contributed by atoms with Crippen molar-refractivity contribution in [2.24, 2.45) is 0 Å². The van der Waals surface area contributed by atoms with Crippen LogP contribution in [0.15, 0.2) is 23.7 Å². The normalized spacial score (nSPS) is 10.1. The Labute approximate surface area is 103 Å². The maximum Gasteiger partial charge on any atom is 0.238 e. The minimum atomic E-state index is -0.107. The SMILES string of the molecule is C#CCNCC(=O)Nc1ccc2ncsc2c1. The number of fused-ring (bicyclic) bond motifs is 1. The van der Waals surface area contributed by atoms with Gasteiger partial charge in [-0.1, -0.05) is 5.92 Å². The van der Waals surface area contributed by atoms with Crippen molar-refractivity contribution < 1.29 is 4.79 Å². The van der Waals surface area contributed by atoms with Crippen LogP contribution in [-0.2, 0) is 4.79 Å². The molecule has 5 heteroatoms. The van der Waals surface area contributed by atoms with Gasteiger partial charge in [0.05, 0.1) is 28.8 Å². The van der Waals surface area contributed by atoms with E-state index in [9.17, 15) is 4.79 Å². The van der Waals surface area contributed by atoms with Gasteiger partial charge in [0.25, 0.3) is 0 Å². The van der Waals surface area contributed by atoms with Crippen molar-refractivity contribution in [3.05, 3.63) is 23.7 Å². The van der Waals surface area contributed by atoms with Crippen LogP contribution in [0, 0.1) is 12.3 Å². The topological polar surface area (TPSA) is 54.0 Å². The van der Waals surface area contributed by atoms with E-state index in [4.69, 9.17) is 6.42 Å². The number of hydrogen-bond acceptors (Lipinski definition) is 4. The molecule has 2 aromatic rings. The van der Waals surface area contributed by atoms with Crippen molar-refractivity contribution >= 4 is 33.1 Å². The van der Waals surface area contributed by atoms with Gasteiger partial charge in [-0.2, -0.15) is 0 Å². The number of carbonyl (C=O) groups is 1. The molecule has 4 nitrogen and oxygen atoms in total. The molecule has 86 valence electrons. The molecule has 0 saturated heterocycles. The molecule has 2 rings (SSSR count). The van der Waals surface area contributed by atoms with E-state index in [2.05, 4.69) is 21.5 Å².